The van der Waals surface area contributed by atoms with Crippen molar-refractivity contribution in [3.8, 4) is 11.3 Å². The number of carbonyl (C=O) groups excluding carboxylic acids is 1. The molecule has 3 rings (SSSR count). The highest BCUT2D eigenvalue weighted by Crippen LogP contribution is 2.26. The Morgan fingerprint density at radius 1 is 1.28 bits per heavy atom. The molecule has 5 nitrogen and oxygen atoms in total. The average Bonchev–Trinajstić information content (AvgIpc) is 3.07. The highest BCUT2D eigenvalue weighted by atomic mass is 19.1. The summed E-state index contributed by atoms with van der Waals surface area (Å²) < 4.78 is 18.3. The van der Waals surface area contributed by atoms with Crippen LogP contribution in [0.25, 0.3) is 11.3 Å². The second kappa shape index (κ2) is 7.78. The molecule has 1 aromatic heterocycles. The second-order valence-corrected chi connectivity index (χ2v) is 6.97. The van der Waals surface area contributed by atoms with Crippen molar-refractivity contribution in [1.82, 2.24) is 15.4 Å². The van der Waals surface area contributed by atoms with E-state index in [9.17, 15) is 9.18 Å². The van der Waals surface area contributed by atoms with Crippen LogP contribution in [0.15, 0.2) is 34.9 Å². The summed E-state index contributed by atoms with van der Waals surface area (Å²) in [5.41, 5.74) is 0.949. The monoisotopic (exact) mass is 345 g/mol. The van der Waals surface area contributed by atoms with Gasteiger partial charge in [0.05, 0.1) is 0 Å². The van der Waals surface area contributed by atoms with E-state index in [0.29, 0.717) is 17.2 Å². The van der Waals surface area contributed by atoms with Crippen molar-refractivity contribution < 1.29 is 13.7 Å². The van der Waals surface area contributed by atoms with Crippen LogP contribution in [0.3, 0.4) is 0 Å². The minimum atomic E-state index is -0.314. The van der Waals surface area contributed by atoms with Gasteiger partial charge in [0.1, 0.15) is 5.82 Å². The van der Waals surface area contributed by atoms with E-state index in [1.165, 1.54) is 18.6 Å². The summed E-state index contributed by atoms with van der Waals surface area (Å²) in [5.74, 6) is 0.382. The Kier molecular flexibility index (Phi) is 5.48. The van der Waals surface area contributed by atoms with Crippen LogP contribution >= 0.6 is 0 Å². The molecule has 1 fully saturated rings. The lowest BCUT2D eigenvalue weighted by molar-refractivity contribution is 0.0886. The first kappa shape index (κ1) is 17.6. The van der Waals surface area contributed by atoms with Gasteiger partial charge in [0, 0.05) is 24.2 Å². The van der Waals surface area contributed by atoms with Gasteiger partial charge in [-0.25, -0.2) is 4.39 Å². The molecule has 2 unspecified atom stereocenters. The van der Waals surface area contributed by atoms with Gasteiger partial charge >= 0.3 is 0 Å². The van der Waals surface area contributed by atoms with Crippen LogP contribution in [-0.4, -0.2) is 42.6 Å². The highest BCUT2D eigenvalue weighted by Gasteiger charge is 2.28. The Morgan fingerprint density at radius 2 is 2.00 bits per heavy atom. The van der Waals surface area contributed by atoms with Gasteiger partial charge < -0.3 is 14.7 Å². The number of halogens is 1. The standard InChI is InChI=1S/C19H24FN3O2/c1-23(2)12-14-5-3-4-6-16(14)21-19(24)17-11-18(25-22-17)13-7-9-15(20)10-8-13/h7-11,14,16H,3-6,12H2,1-2H3,(H,21,24). The van der Waals surface area contributed by atoms with Crippen LogP contribution in [-0.2, 0) is 0 Å². The lowest BCUT2D eigenvalue weighted by atomic mass is 9.84. The summed E-state index contributed by atoms with van der Waals surface area (Å²) in [4.78, 5) is 14.7. The third-order valence-electron chi connectivity index (χ3n) is 4.70. The molecule has 134 valence electrons. The summed E-state index contributed by atoms with van der Waals surface area (Å²) in [5, 5.41) is 6.99. The Bertz CT molecular complexity index is 712. The molecule has 1 aliphatic carbocycles. The number of rotatable bonds is 5. The quantitative estimate of drug-likeness (QED) is 0.903. The second-order valence-electron chi connectivity index (χ2n) is 6.97. The van der Waals surface area contributed by atoms with Gasteiger partial charge in [0.25, 0.3) is 5.91 Å². The van der Waals surface area contributed by atoms with Gasteiger partial charge in [-0.1, -0.05) is 18.0 Å². The number of hydrogen-bond acceptors (Lipinski definition) is 4. The van der Waals surface area contributed by atoms with Crippen molar-refractivity contribution in [2.45, 2.75) is 31.7 Å². The first-order valence-corrected chi connectivity index (χ1v) is 8.71. The molecule has 1 N–H and O–H groups in total. The van der Waals surface area contributed by atoms with Crippen LogP contribution in [0.1, 0.15) is 36.2 Å². The van der Waals surface area contributed by atoms with Gasteiger partial charge in [-0.3, -0.25) is 4.79 Å². The molecular weight excluding hydrogens is 321 g/mol. The molecule has 0 spiro atoms. The van der Waals surface area contributed by atoms with Crippen LogP contribution in [0.4, 0.5) is 4.39 Å². The fourth-order valence-electron chi connectivity index (χ4n) is 3.46. The fourth-order valence-corrected chi connectivity index (χ4v) is 3.46. The first-order chi connectivity index (χ1) is 12.0. The van der Waals surface area contributed by atoms with Gasteiger partial charge in [0.2, 0.25) is 0 Å². The molecule has 1 heterocycles. The van der Waals surface area contributed by atoms with E-state index in [0.717, 1.165) is 25.8 Å². The summed E-state index contributed by atoms with van der Waals surface area (Å²) >= 11 is 0. The summed E-state index contributed by atoms with van der Waals surface area (Å²) in [7, 11) is 4.11. The molecule has 0 bridgehead atoms. The van der Waals surface area contributed by atoms with Crippen molar-refractivity contribution in [3.05, 3.63) is 41.8 Å². The topological polar surface area (TPSA) is 58.4 Å². The van der Waals surface area contributed by atoms with Crippen LogP contribution in [0.2, 0.25) is 0 Å². The summed E-state index contributed by atoms with van der Waals surface area (Å²) in [6, 6.07) is 7.68. The van der Waals surface area contributed by atoms with Crippen molar-refractivity contribution in [2.75, 3.05) is 20.6 Å². The van der Waals surface area contributed by atoms with Gasteiger partial charge in [-0.2, -0.15) is 0 Å². The Balaban J connectivity index is 1.67. The Morgan fingerprint density at radius 3 is 2.72 bits per heavy atom. The van der Waals surface area contributed by atoms with Gasteiger partial charge in [-0.05, 0) is 57.1 Å². The normalized spacial score (nSPS) is 20.6. The maximum atomic E-state index is 13.0. The number of carbonyl (C=O) groups is 1. The number of amides is 1. The van der Waals surface area contributed by atoms with Crippen molar-refractivity contribution in [2.24, 2.45) is 5.92 Å². The van der Waals surface area contributed by atoms with E-state index in [1.807, 2.05) is 0 Å². The van der Waals surface area contributed by atoms with E-state index < -0.39 is 0 Å². The summed E-state index contributed by atoms with van der Waals surface area (Å²) in [6.07, 6.45) is 4.47. The minimum absolute atomic E-state index is 0.162. The maximum absolute atomic E-state index is 13.0. The fraction of sp³-hybridized carbons (Fsp3) is 0.474. The number of aromatic nitrogens is 1. The van der Waals surface area contributed by atoms with Crippen LogP contribution in [0.5, 0.6) is 0 Å². The lowest BCUT2D eigenvalue weighted by Gasteiger charge is -2.33. The van der Waals surface area contributed by atoms with Crippen molar-refractivity contribution in [3.63, 3.8) is 0 Å². The zero-order valence-corrected chi connectivity index (χ0v) is 14.7. The van der Waals surface area contributed by atoms with Crippen molar-refractivity contribution in [1.29, 1.82) is 0 Å². The SMILES string of the molecule is CN(C)CC1CCCCC1NC(=O)c1cc(-c2ccc(F)cc2)on1. The Hall–Kier alpha value is -2.21. The molecule has 1 aliphatic rings. The number of hydrogen-bond donors (Lipinski definition) is 1. The molecule has 0 saturated heterocycles. The molecule has 1 amide bonds. The predicted octanol–water partition coefficient (Wildman–Crippen LogP) is 3.33. The smallest absolute Gasteiger partial charge is 0.273 e. The molecule has 25 heavy (non-hydrogen) atoms. The molecule has 1 saturated carbocycles. The third kappa shape index (κ3) is 4.45. The Labute approximate surface area is 147 Å². The minimum Gasteiger partial charge on any atom is -0.355 e. The molecule has 0 aliphatic heterocycles. The maximum Gasteiger partial charge on any atom is 0.273 e. The number of benzene rings is 1. The van der Waals surface area contributed by atoms with E-state index in [1.54, 1.807) is 18.2 Å². The molecule has 1 aromatic carbocycles. The average molecular weight is 345 g/mol. The largest absolute Gasteiger partial charge is 0.355 e. The molecule has 2 aromatic rings. The summed E-state index contributed by atoms with van der Waals surface area (Å²) in [6.45, 7) is 0.963. The number of nitrogens with zero attached hydrogens (tertiary/aromatic N) is 2. The highest BCUT2D eigenvalue weighted by molar-refractivity contribution is 5.93. The molecule has 2 atom stereocenters. The van der Waals surface area contributed by atoms with E-state index >= 15 is 0 Å². The van der Waals surface area contributed by atoms with E-state index in [-0.39, 0.29) is 23.5 Å². The zero-order chi connectivity index (χ0) is 17.8. The molecule has 6 heteroatoms. The third-order valence-corrected chi connectivity index (χ3v) is 4.70. The zero-order valence-electron chi connectivity index (χ0n) is 14.7. The van der Waals surface area contributed by atoms with Crippen LogP contribution in [0, 0.1) is 11.7 Å². The van der Waals surface area contributed by atoms with Crippen LogP contribution < -0.4 is 5.32 Å². The number of nitrogens with one attached hydrogen (secondary N) is 1. The van der Waals surface area contributed by atoms with Gasteiger partial charge in [-0.15, -0.1) is 0 Å². The first-order valence-electron chi connectivity index (χ1n) is 8.71. The molecule has 0 radical (unpaired) electrons. The predicted molar refractivity (Wildman–Crippen MR) is 93.7 cm³/mol. The van der Waals surface area contributed by atoms with Crippen molar-refractivity contribution >= 4 is 5.91 Å². The molecular formula is C19H24FN3O2. The van der Waals surface area contributed by atoms with Gasteiger partial charge in [0.15, 0.2) is 11.5 Å². The lowest BCUT2D eigenvalue weighted by Crippen LogP contribution is -2.45. The van der Waals surface area contributed by atoms with E-state index in [2.05, 4.69) is 29.5 Å². The van der Waals surface area contributed by atoms with E-state index in [4.69, 9.17) is 4.52 Å².